The summed E-state index contributed by atoms with van der Waals surface area (Å²) in [4.78, 5) is 27.9. The molecule has 6 aromatic carbocycles. The molecule has 0 saturated heterocycles. The Morgan fingerprint density at radius 1 is 0.404 bits per heavy atom. The first-order valence-corrected chi connectivity index (χ1v) is 15.5. The van der Waals surface area contributed by atoms with E-state index >= 15 is 0 Å². The molecule has 0 aliphatic heterocycles. The van der Waals surface area contributed by atoms with Gasteiger partial charge in [-0.1, -0.05) is 133 Å². The van der Waals surface area contributed by atoms with Crippen molar-refractivity contribution in [2.24, 2.45) is 7.05 Å². The number of benzene rings is 6. The number of hydrogen-bond acceptors (Lipinski definition) is 4. The highest BCUT2D eigenvalue weighted by Crippen LogP contribution is 2.30. The van der Waals surface area contributed by atoms with Crippen LogP contribution in [0.4, 0.5) is 0 Å². The third-order valence-corrected chi connectivity index (χ3v) is 8.46. The molecule has 0 aliphatic rings. The van der Waals surface area contributed by atoms with Crippen molar-refractivity contribution >= 4 is 11.0 Å². The van der Waals surface area contributed by atoms with Crippen LogP contribution in [0.3, 0.4) is 0 Å². The lowest BCUT2D eigenvalue weighted by atomic mass is 10.0. The van der Waals surface area contributed by atoms with Crippen LogP contribution in [0.2, 0.25) is 0 Å². The van der Waals surface area contributed by atoms with Crippen LogP contribution >= 0.6 is 0 Å². The molecule has 2 aromatic heterocycles. The van der Waals surface area contributed by atoms with Gasteiger partial charge in [0.2, 0.25) is 0 Å². The fraction of sp³-hybridized carbons (Fsp3) is 0.0244. The van der Waals surface area contributed by atoms with Crippen LogP contribution < -0.4 is 5.69 Å². The molecule has 6 heteroatoms. The Hall–Kier alpha value is -6.40. The number of fused-ring (bicyclic) bond motifs is 1. The zero-order chi connectivity index (χ0) is 31.7. The topological polar surface area (TPSA) is 65.6 Å². The quantitative estimate of drug-likeness (QED) is 0.189. The number of imidazole rings is 1. The Balaban J connectivity index is 1.18. The molecule has 8 aromatic rings. The van der Waals surface area contributed by atoms with Crippen molar-refractivity contribution < 1.29 is 0 Å². The first kappa shape index (κ1) is 28.1. The first-order valence-electron chi connectivity index (χ1n) is 15.5. The van der Waals surface area contributed by atoms with Crippen LogP contribution in [-0.2, 0) is 7.05 Å². The van der Waals surface area contributed by atoms with Crippen molar-refractivity contribution in [2.45, 2.75) is 0 Å². The van der Waals surface area contributed by atoms with Crippen molar-refractivity contribution in [1.82, 2.24) is 24.1 Å². The summed E-state index contributed by atoms with van der Waals surface area (Å²) in [5.41, 5.74) is 9.57. The molecule has 0 amide bonds. The average molecular weight is 608 g/mol. The molecule has 0 spiro atoms. The number of para-hydroxylation sites is 1. The second-order valence-corrected chi connectivity index (χ2v) is 11.4. The average Bonchev–Trinajstić information content (AvgIpc) is 3.40. The van der Waals surface area contributed by atoms with E-state index in [9.17, 15) is 4.79 Å². The number of aryl methyl sites for hydroxylation is 1. The highest BCUT2D eigenvalue weighted by atomic mass is 16.1. The van der Waals surface area contributed by atoms with Crippen LogP contribution in [-0.4, -0.2) is 24.1 Å². The van der Waals surface area contributed by atoms with Gasteiger partial charge in [-0.25, -0.2) is 19.7 Å². The summed E-state index contributed by atoms with van der Waals surface area (Å²) in [6.45, 7) is 0. The van der Waals surface area contributed by atoms with E-state index in [1.807, 2.05) is 104 Å². The second kappa shape index (κ2) is 11.8. The number of aromatic nitrogens is 5. The highest BCUT2D eigenvalue weighted by Gasteiger charge is 2.15. The van der Waals surface area contributed by atoms with Crippen LogP contribution in [0.5, 0.6) is 0 Å². The minimum absolute atomic E-state index is 0.0757. The van der Waals surface area contributed by atoms with Gasteiger partial charge in [-0.2, -0.15) is 0 Å². The summed E-state index contributed by atoms with van der Waals surface area (Å²) in [6.07, 6.45) is 0. The van der Waals surface area contributed by atoms with Gasteiger partial charge >= 0.3 is 5.69 Å². The molecule has 0 atom stereocenters. The Labute approximate surface area is 271 Å². The van der Waals surface area contributed by atoms with Crippen molar-refractivity contribution in [3.63, 3.8) is 0 Å². The minimum atomic E-state index is -0.0757. The summed E-state index contributed by atoms with van der Waals surface area (Å²) < 4.78 is 3.45. The summed E-state index contributed by atoms with van der Waals surface area (Å²) in [7, 11) is 1.81. The molecule has 8 rings (SSSR count). The molecule has 0 unspecified atom stereocenters. The Morgan fingerprint density at radius 3 is 1.32 bits per heavy atom. The maximum atomic E-state index is 13.2. The first-order chi connectivity index (χ1) is 23.1. The van der Waals surface area contributed by atoms with Gasteiger partial charge in [0, 0.05) is 23.7 Å². The molecule has 0 bridgehead atoms. The van der Waals surface area contributed by atoms with E-state index in [0.717, 1.165) is 55.7 Å². The Bertz CT molecular complexity index is 2400. The number of hydrogen-bond donors (Lipinski definition) is 0. The summed E-state index contributed by atoms with van der Waals surface area (Å²) in [5.74, 6) is 1.84. The zero-order valence-electron chi connectivity index (χ0n) is 25.7. The minimum Gasteiger partial charge on any atom is -0.295 e. The summed E-state index contributed by atoms with van der Waals surface area (Å²) in [5, 5.41) is 0. The van der Waals surface area contributed by atoms with Gasteiger partial charge in [0.05, 0.1) is 16.7 Å². The fourth-order valence-electron chi connectivity index (χ4n) is 5.95. The van der Waals surface area contributed by atoms with Gasteiger partial charge in [-0.05, 0) is 46.5 Å². The van der Waals surface area contributed by atoms with Crippen LogP contribution in [0.15, 0.2) is 163 Å². The normalized spacial score (nSPS) is 11.2. The maximum Gasteiger partial charge on any atom is 0.333 e. The smallest absolute Gasteiger partial charge is 0.295 e. The molecule has 0 radical (unpaired) electrons. The van der Waals surface area contributed by atoms with E-state index in [0.29, 0.717) is 17.5 Å². The third-order valence-electron chi connectivity index (χ3n) is 8.46. The molecule has 47 heavy (non-hydrogen) atoms. The lowest BCUT2D eigenvalue weighted by molar-refractivity contribution is 0.846. The summed E-state index contributed by atoms with van der Waals surface area (Å²) in [6, 6.07) is 52.8. The van der Waals surface area contributed by atoms with E-state index < -0.39 is 0 Å². The second-order valence-electron chi connectivity index (χ2n) is 11.4. The molecule has 224 valence electrons. The predicted molar refractivity (Wildman–Crippen MR) is 189 cm³/mol. The molecule has 0 aliphatic carbocycles. The summed E-state index contributed by atoms with van der Waals surface area (Å²) >= 11 is 0. The van der Waals surface area contributed by atoms with Crippen molar-refractivity contribution in [3.8, 4) is 62.1 Å². The number of nitrogens with zero attached hydrogens (tertiary/aromatic N) is 5. The largest absolute Gasteiger partial charge is 0.333 e. The maximum absolute atomic E-state index is 13.2. The van der Waals surface area contributed by atoms with Crippen LogP contribution in [0.25, 0.3) is 73.1 Å². The SMILES string of the molecule is Cn1c(=O)n(-c2ccccc2)c2cc(-c3ccc(-c4nc(-c5ccccc5)nc(-c5ccc(-c6ccccc6)cc5)n4)cc3)ccc21. The highest BCUT2D eigenvalue weighted by molar-refractivity contribution is 5.84. The van der Waals surface area contributed by atoms with Gasteiger partial charge in [0.15, 0.2) is 17.5 Å². The third kappa shape index (κ3) is 5.32. The van der Waals surface area contributed by atoms with E-state index in [1.54, 1.807) is 9.13 Å². The molecule has 2 heterocycles. The molecule has 6 nitrogen and oxygen atoms in total. The molecular weight excluding hydrogens is 578 g/mol. The molecule has 0 saturated carbocycles. The van der Waals surface area contributed by atoms with Gasteiger partial charge in [0.1, 0.15) is 0 Å². The van der Waals surface area contributed by atoms with E-state index in [-0.39, 0.29) is 5.69 Å². The molecule has 0 fully saturated rings. The standard InChI is InChI=1S/C41H29N5O/c1-45-36-26-25-34(27-37(36)46(41(45)47)35-15-9-4-10-16-35)30-19-23-33(24-20-30)40-43-38(31-13-7-3-8-14-31)42-39(44-40)32-21-17-29(18-22-32)28-11-5-2-6-12-28/h2-27H,1H3. The van der Waals surface area contributed by atoms with Gasteiger partial charge in [0.25, 0.3) is 0 Å². The van der Waals surface area contributed by atoms with E-state index in [2.05, 4.69) is 60.7 Å². The monoisotopic (exact) mass is 607 g/mol. The van der Waals surface area contributed by atoms with Gasteiger partial charge < -0.3 is 0 Å². The van der Waals surface area contributed by atoms with Crippen molar-refractivity contribution in [3.05, 3.63) is 168 Å². The molecule has 0 N–H and O–H groups in total. The Kier molecular flexibility index (Phi) is 7.08. The Morgan fingerprint density at radius 2 is 0.787 bits per heavy atom. The van der Waals surface area contributed by atoms with E-state index in [4.69, 9.17) is 15.0 Å². The van der Waals surface area contributed by atoms with E-state index in [1.165, 1.54) is 0 Å². The number of rotatable bonds is 6. The van der Waals surface area contributed by atoms with Gasteiger partial charge in [-0.15, -0.1) is 0 Å². The zero-order valence-corrected chi connectivity index (χ0v) is 25.7. The van der Waals surface area contributed by atoms with Crippen molar-refractivity contribution in [1.29, 1.82) is 0 Å². The molecular formula is C41H29N5O. The predicted octanol–water partition coefficient (Wildman–Crippen LogP) is 8.85. The fourth-order valence-corrected chi connectivity index (χ4v) is 5.95. The van der Waals surface area contributed by atoms with Gasteiger partial charge in [-0.3, -0.25) is 9.13 Å². The van der Waals surface area contributed by atoms with Crippen LogP contribution in [0, 0.1) is 0 Å². The lowest BCUT2D eigenvalue weighted by Gasteiger charge is -2.10. The lowest BCUT2D eigenvalue weighted by Crippen LogP contribution is -2.20. The van der Waals surface area contributed by atoms with Crippen LogP contribution in [0.1, 0.15) is 0 Å². The van der Waals surface area contributed by atoms with Crippen molar-refractivity contribution in [2.75, 3.05) is 0 Å².